The van der Waals surface area contributed by atoms with Crippen LogP contribution in [0.15, 0.2) is 23.6 Å². The topological polar surface area (TPSA) is 23.5 Å². The predicted molar refractivity (Wildman–Crippen MR) is 53.5 cm³/mol. The van der Waals surface area contributed by atoms with E-state index in [0.717, 1.165) is 31.5 Å². The molecule has 0 unspecified atom stereocenters. The van der Waals surface area contributed by atoms with Gasteiger partial charge in [-0.15, -0.1) is 0 Å². The van der Waals surface area contributed by atoms with E-state index < -0.39 is 0 Å². The molecule has 72 valence electrons. The summed E-state index contributed by atoms with van der Waals surface area (Å²) >= 11 is 0. The third-order valence-electron chi connectivity index (χ3n) is 2.84. The first-order valence-corrected chi connectivity index (χ1v) is 5.21. The van der Waals surface area contributed by atoms with Gasteiger partial charge in [-0.05, 0) is 32.1 Å². The summed E-state index contributed by atoms with van der Waals surface area (Å²) in [4.78, 5) is 2.12. The second kappa shape index (κ2) is 3.86. The Balaban J connectivity index is 2.05. The van der Waals surface area contributed by atoms with Crippen LogP contribution < -0.4 is 0 Å². The number of aliphatic hydroxyl groups is 1. The molecular weight excluding hydrogens is 162 g/mol. The van der Waals surface area contributed by atoms with Crippen LogP contribution in [0.5, 0.6) is 0 Å². The van der Waals surface area contributed by atoms with Crippen molar-refractivity contribution in [3.63, 3.8) is 0 Å². The highest BCUT2D eigenvalue weighted by Gasteiger charge is 2.16. The van der Waals surface area contributed by atoms with Gasteiger partial charge in [0.05, 0.1) is 0 Å². The van der Waals surface area contributed by atoms with E-state index >= 15 is 0 Å². The standard InChI is InChI=1S/C11H17NO/c13-11(10-6-2-3-7-10)12-8-4-1-5-9-12/h2,6,13H,1,3-5,7-9H2/b11-10+. The van der Waals surface area contributed by atoms with Gasteiger partial charge in [0.2, 0.25) is 0 Å². The van der Waals surface area contributed by atoms with Crippen LogP contribution in [-0.4, -0.2) is 23.1 Å². The van der Waals surface area contributed by atoms with Crippen LogP contribution in [0, 0.1) is 0 Å². The largest absolute Gasteiger partial charge is 0.494 e. The molecule has 0 bridgehead atoms. The smallest absolute Gasteiger partial charge is 0.190 e. The van der Waals surface area contributed by atoms with Gasteiger partial charge in [-0.1, -0.05) is 12.2 Å². The number of nitrogens with zero attached hydrogens (tertiary/aromatic N) is 1. The van der Waals surface area contributed by atoms with Gasteiger partial charge in [-0.25, -0.2) is 0 Å². The average Bonchev–Trinajstić information content (AvgIpc) is 2.71. The van der Waals surface area contributed by atoms with Crippen molar-refractivity contribution in [3.05, 3.63) is 23.6 Å². The van der Waals surface area contributed by atoms with E-state index in [2.05, 4.69) is 17.1 Å². The van der Waals surface area contributed by atoms with E-state index in [9.17, 15) is 5.11 Å². The molecule has 2 rings (SSSR count). The number of aliphatic hydroxyl groups excluding tert-OH is 1. The summed E-state index contributed by atoms with van der Waals surface area (Å²) in [6.07, 6.45) is 10.1. The van der Waals surface area contributed by atoms with E-state index in [1.807, 2.05) is 0 Å². The first-order chi connectivity index (χ1) is 6.38. The minimum absolute atomic E-state index is 0.536. The molecule has 1 aliphatic heterocycles. The second-order valence-corrected chi connectivity index (χ2v) is 3.84. The van der Waals surface area contributed by atoms with Gasteiger partial charge in [-0.3, -0.25) is 0 Å². The molecule has 0 aromatic rings. The third kappa shape index (κ3) is 1.87. The lowest BCUT2D eigenvalue weighted by Crippen LogP contribution is -2.29. The highest BCUT2D eigenvalue weighted by molar-refractivity contribution is 5.26. The zero-order chi connectivity index (χ0) is 9.10. The van der Waals surface area contributed by atoms with E-state index in [-0.39, 0.29) is 0 Å². The molecule has 0 aromatic carbocycles. The lowest BCUT2D eigenvalue weighted by Gasteiger charge is -2.28. The minimum atomic E-state index is 0.536. The summed E-state index contributed by atoms with van der Waals surface area (Å²) in [7, 11) is 0. The normalized spacial score (nSPS) is 26.6. The average molecular weight is 179 g/mol. The molecule has 0 spiro atoms. The Morgan fingerprint density at radius 1 is 1.23 bits per heavy atom. The van der Waals surface area contributed by atoms with E-state index in [1.165, 1.54) is 19.3 Å². The zero-order valence-corrected chi connectivity index (χ0v) is 8.00. The molecular formula is C11H17NO. The van der Waals surface area contributed by atoms with E-state index in [4.69, 9.17) is 0 Å². The van der Waals surface area contributed by atoms with Crippen molar-refractivity contribution in [2.75, 3.05) is 13.1 Å². The predicted octanol–water partition coefficient (Wildman–Crippen LogP) is 2.59. The molecule has 1 N–H and O–H groups in total. The van der Waals surface area contributed by atoms with Gasteiger partial charge in [0.15, 0.2) is 5.88 Å². The molecule has 0 amide bonds. The van der Waals surface area contributed by atoms with Crippen LogP contribution in [0.1, 0.15) is 32.1 Å². The van der Waals surface area contributed by atoms with E-state index in [0.29, 0.717) is 5.88 Å². The van der Waals surface area contributed by atoms with Crippen LogP contribution in [0.25, 0.3) is 0 Å². The van der Waals surface area contributed by atoms with Crippen LogP contribution in [0.3, 0.4) is 0 Å². The second-order valence-electron chi connectivity index (χ2n) is 3.84. The highest BCUT2D eigenvalue weighted by Crippen LogP contribution is 2.22. The van der Waals surface area contributed by atoms with Crippen LogP contribution in [-0.2, 0) is 0 Å². The van der Waals surface area contributed by atoms with Crippen molar-refractivity contribution in [1.29, 1.82) is 0 Å². The van der Waals surface area contributed by atoms with E-state index in [1.54, 1.807) is 0 Å². The van der Waals surface area contributed by atoms with Gasteiger partial charge in [0.25, 0.3) is 0 Å². The molecule has 2 nitrogen and oxygen atoms in total. The molecule has 0 aromatic heterocycles. The Kier molecular flexibility index (Phi) is 2.57. The molecule has 0 saturated carbocycles. The summed E-state index contributed by atoms with van der Waals surface area (Å²) in [5.74, 6) is 0.536. The zero-order valence-electron chi connectivity index (χ0n) is 8.00. The van der Waals surface area contributed by atoms with Crippen LogP contribution >= 0.6 is 0 Å². The molecule has 2 heteroatoms. The number of piperidine rings is 1. The SMILES string of the molecule is O/C(=C1\C=CCC1)N1CCCCC1. The van der Waals surface area contributed by atoms with Crippen molar-refractivity contribution in [2.45, 2.75) is 32.1 Å². The van der Waals surface area contributed by atoms with Gasteiger partial charge in [0, 0.05) is 18.7 Å². The first kappa shape index (κ1) is 8.67. The number of hydrogen-bond acceptors (Lipinski definition) is 2. The van der Waals surface area contributed by atoms with Crippen molar-refractivity contribution < 1.29 is 5.11 Å². The monoisotopic (exact) mass is 179 g/mol. The van der Waals surface area contributed by atoms with Crippen LogP contribution in [0.2, 0.25) is 0 Å². The molecule has 1 fully saturated rings. The molecule has 13 heavy (non-hydrogen) atoms. The highest BCUT2D eigenvalue weighted by atomic mass is 16.3. The van der Waals surface area contributed by atoms with Crippen molar-refractivity contribution >= 4 is 0 Å². The Bertz CT molecular complexity index is 236. The maximum atomic E-state index is 9.93. The summed E-state index contributed by atoms with van der Waals surface area (Å²) in [5, 5.41) is 9.93. The fourth-order valence-corrected chi connectivity index (χ4v) is 2.04. The van der Waals surface area contributed by atoms with Gasteiger partial charge in [-0.2, -0.15) is 0 Å². The summed E-state index contributed by atoms with van der Waals surface area (Å²) in [6.45, 7) is 2.06. The fourth-order valence-electron chi connectivity index (χ4n) is 2.04. The lowest BCUT2D eigenvalue weighted by molar-refractivity contribution is 0.171. The molecule has 1 heterocycles. The number of likely N-dealkylation sites (tertiary alicyclic amines) is 1. The third-order valence-corrected chi connectivity index (χ3v) is 2.84. The van der Waals surface area contributed by atoms with Gasteiger partial charge in [0.1, 0.15) is 0 Å². The van der Waals surface area contributed by atoms with Crippen molar-refractivity contribution in [2.24, 2.45) is 0 Å². The fraction of sp³-hybridized carbons (Fsp3) is 0.636. The first-order valence-electron chi connectivity index (χ1n) is 5.21. The Morgan fingerprint density at radius 2 is 2.00 bits per heavy atom. The molecule has 0 atom stereocenters. The van der Waals surface area contributed by atoms with Gasteiger partial charge < -0.3 is 10.0 Å². The summed E-state index contributed by atoms with van der Waals surface area (Å²) in [5.41, 5.74) is 1.13. The maximum absolute atomic E-state index is 9.93. The summed E-state index contributed by atoms with van der Waals surface area (Å²) in [6, 6.07) is 0. The van der Waals surface area contributed by atoms with Crippen molar-refractivity contribution in [1.82, 2.24) is 4.90 Å². The molecule has 1 aliphatic carbocycles. The molecule has 1 saturated heterocycles. The number of rotatable bonds is 1. The van der Waals surface area contributed by atoms with Crippen LogP contribution in [0.4, 0.5) is 0 Å². The molecule has 2 aliphatic rings. The maximum Gasteiger partial charge on any atom is 0.190 e. The number of hydrogen-bond donors (Lipinski definition) is 1. The minimum Gasteiger partial charge on any atom is -0.494 e. The summed E-state index contributed by atoms with van der Waals surface area (Å²) < 4.78 is 0. The Hall–Kier alpha value is -0.920. The lowest BCUT2D eigenvalue weighted by atomic mass is 10.1. The Labute approximate surface area is 79.6 Å². The molecule has 0 radical (unpaired) electrons. The number of allylic oxidation sites excluding steroid dienone is 3. The van der Waals surface area contributed by atoms with Gasteiger partial charge >= 0.3 is 0 Å². The Morgan fingerprint density at radius 3 is 2.62 bits per heavy atom. The quantitative estimate of drug-likeness (QED) is 0.625. The van der Waals surface area contributed by atoms with Crippen molar-refractivity contribution in [3.8, 4) is 0 Å².